The summed E-state index contributed by atoms with van der Waals surface area (Å²) in [6.07, 6.45) is 0.586. The molecule has 2 N–H and O–H groups in total. The molecule has 0 bridgehead atoms. The van der Waals surface area contributed by atoms with Gasteiger partial charge < -0.3 is 19.7 Å². The molecule has 0 aliphatic carbocycles. The molecule has 1 aromatic heterocycles. The van der Waals surface area contributed by atoms with Crippen molar-refractivity contribution in [3.63, 3.8) is 0 Å². The van der Waals surface area contributed by atoms with Crippen molar-refractivity contribution in [2.75, 3.05) is 26.2 Å². The van der Waals surface area contributed by atoms with Crippen LogP contribution in [0.5, 0.6) is 17.4 Å². The number of benzene rings is 3. The van der Waals surface area contributed by atoms with Gasteiger partial charge in [0.25, 0.3) is 5.56 Å². The molecule has 12 heteroatoms. The summed E-state index contributed by atoms with van der Waals surface area (Å²) in [6.45, 7) is 1.96. The Balaban J connectivity index is 1.83. The van der Waals surface area contributed by atoms with Crippen molar-refractivity contribution in [3.05, 3.63) is 82.9 Å². The maximum absolute atomic E-state index is 14.0. The van der Waals surface area contributed by atoms with Gasteiger partial charge in [0, 0.05) is 19.2 Å². The lowest BCUT2D eigenvalue weighted by atomic mass is 10.1. The first-order chi connectivity index (χ1) is 20.0. The van der Waals surface area contributed by atoms with Crippen LogP contribution in [0.15, 0.2) is 81.3 Å². The lowest BCUT2D eigenvalue weighted by molar-refractivity contribution is 0.203. The van der Waals surface area contributed by atoms with Crippen LogP contribution in [-0.4, -0.2) is 55.5 Å². The molecule has 1 amide bonds. The largest absolute Gasteiger partial charge is 0.494 e. The smallest absolute Gasteiger partial charge is 0.411 e. The summed E-state index contributed by atoms with van der Waals surface area (Å²) in [5.41, 5.74) is 1.04. The predicted octanol–water partition coefficient (Wildman–Crippen LogP) is 4.91. The topological polar surface area (TPSA) is 148 Å². The molecule has 4 aromatic rings. The first-order valence-electron chi connectivity index (χ1n) is 13.0. The van der Waals surface area contributed by atoms with Crippen LogP contribution < -0.4 is 19.9 Å². The Kier molecular flexibility index (Phi) is 8.86. The Labute approximate surface area is 243 Å². The molecule has 0 aliphatic heterocycles. The summed E-state index contributed by atoms with van der Waals surface area (Å²) in [4.78, 5) is 29.3. The average molecular weight is 594 g/mol. The van der Waals surface area contributed by atoms with E-state index >= 15 is 0 Å². The van der Waals surface area contributed by atoms with Crippen LogP contribution in [0.2, 0.25) is 0 Å². The third-order valence-corrected chi connectivity index (χ3v) is 8.57. The van der Waals surface area contributed by atoms with Gasteiger partial charge in [0.05, 0.1) is 19.1 Å². The molecule has 0 fully saturated rings. The van der Waals surface area contributed by atoms with Gasteiger partial charge in [-0.15, -0.1) is 0 Å². The maximum Gasteiger partial charge on any atom is 0.411 e. The molecule has 1 heterocycles. The number of unbranched alkanes of at least 4 members (excludes halogenated alkanes) is 1. The van der Waals surface area contributed by atoms with Gasteiger partial charge in [-0.1, -0.05) is 43.7 Å². The lowest BCUT2D eigenvalue weighted by Gasteiger charge is -2.19. The minimum atomic E-state index is -4.53. The first kappa shape index (κ1) is 30.1. The van der Waals surface area contributed by atoms with Gasteiger partial charge in [0.2, 0.25) is 15.7 Å². The van der Waals surface area contributed by atoms with Gasteiger partial charge in [-0.3, -0.25) is 14.3 Å². The number of aryl methyl sites for hydroxylation is 1. The number of carboxylic acid groups (broad SMARTS) is 1. The number of hydrogen-bond acceptors (Lipinski definition) is 8. The molecule has 42 heavy (non-hydrogen) atoms. The van der Waals surface area contributed by atoms with E-state index in [4.69, 9.17) is 14.6 Å². The molecular formula is C30H31N3O8S. The summed E-state index contributed by atoms with van der Waals surface area (Å²) < 4.78 is 39.7. The highest BCUT2D eigenvalue weighted by Crippen LogP contribution is 2.34. The van der Waals surface area contributed by atoms with Gasteiger partial charge in [0.1, 0.15) is 23.0 Å². The van der Waals surface area contributed by atoms with E-state index in [2.05, 4.69) is 4.98 Å². The van der Waals surface area contributed by atoms with Crippen LogP contribution in [0.3, 0.4) is 0 Å². The van der Waals surface area contributed by atoms with Crippen molar-refractivity contribution >= 4 is 21.6 Å². The van der Waals surface area contributed by atoms with Crippen LogP contribution in [0.25, 0.3) is 16.8 Å². The zero-order valence-electron chi connectivity index (χ0n) is 23.6. The van der Waals surface area contributed by atoms with Gasteiger partial charge in [-0.25, -0.2) is 13.2 Å². The zero-order valence-corrected chi connectivity index (χ0v) is 24.4. The van der Waals surface area contributed by atoms with E-state index in [0.29, 0.717) is 17.7 Å². The number of para-hydroxylation sites is 1. The number of methoxy groups -OCH3 is 2. The minimum absolute atomic E-state index is 0.161. The number of nitrogens with zero attached hydrogens (tertiary/aromatic N) is 3. The number of anilines is 1. The second-order valence-electron chi connectivity index (χ2n) is 9.35. The standard InChI is InChI=1S/C30H31N3O8S/c1-5-6-10-25-31-28(34)27(29(35)33(25)26-23(40-3)8-7-9-24(26)41-4)42(38,39)22-17-13-20(14-18-22)19-11-15-21(16-12-19)32(2)30(36)37/h7-9,11-18,34H,5-6,10H2,1-4H3,(H,36,37). The third-order valence-electron chi connectivity index (χ3n) is 6.78. The number of aromatic hydroxyl groups is 1. The number of amides is 1. The van der Waals surface area contributed by atoms with Crippen LogP contribution in [-0.2, 0) is 16.3 Å². The van der Waals surface area contributed by atoms with Gasteiger partial charge >= 0.3 is 6.09 Å². The second-order valence-corrected chi connectivity index (χ2v) is 11.2. The van der Waals surface area contributed by atoms with E-state index in [1.807, 2.05) is 6.92 Å². The number of hydrogen-bond donors (Lipinski definition) is 2. The monoisotopic (exact) mass is 593 g/mol. The molecule has 0 unspecified atom stereocenters. The van der Waals surface area contributed by atoms with E-state index < -0.39 is 32.3 Å². The normalized spacial score (nSPS) is 11.2. The van der Waals surface area contributed by atoms with Crippen molar-refractivity contribution in [3.8, 4) is 34.2 Å². The van der Waals surface area contributed by atoms with Gasteiger partial charge in [0.15, 0.2) is 4.90 Å². The highest BCUT2D eigenvalue weighted by Gasteiger charge is 2.31. The highest BCUT2D eigenvalue weighted by atomic mass is 32.2. The zero-order chi connectivity index (χ0) is 30.6. The van der Waals surface area contributed by atoms with Crippen molar-refractivity contribution in [2.45, 2.75) is 36.0 Å². The van der Waals surface area contributed by atoms with Crippen LogP contribution in [0.4, 0.5) is 10.5 Å². The van der Waals surface area contributed by atoms with Crippen LogP contribution >= 0.6 is 0 Å². The Morgan fingerprint density at radius 1 is 0.952 bits per heavy atom. The summed E-state index contributed by atoms with van der Waals surface area (Å²) in [7, 11) is -0.274. The van der Waals surface area contributed by atoms with E-state index in [1.54, 1.807) is 54.6 Å². The number of sulfone groups is 1. The molecule has 0 aliphatic rings. The summed E-state index contributed by atoms with van der Waals surface area (Å²) >= 11 is 0. The van der Waals surface area contributed by atoms with Crippen LogP contribution in [0, 0.1) is 0 Å². The summed E-state index contributed by atoms with van der Waals surface area (Å²) in [5.74, 6) is -0.211. The molecule has 4 rings (SSSR count). The Morgan fingerprint density at radius 2 is 1.50 bits per heavy atom. The van der Waals surface area contributed by atoms with E-state index in [1.165, 1.54) is 33.4 Å². The summed E-state index contributed by atoms with van der Waals surface area (Å²) in [6, 6.07) is 17.4. The molecule has 220 valence electrons. The average Bonchev–Trinajstić information content (AvgIpc) is 2.99. The molecule has 0 saturated heterocycles. The number of carbonyl (C=O) groups is 1. The second kappa shape index (κ2) is 12.4. The highest BCUT2D eigenvalue weighted by molar-refractivity contribution is 7.91. The van der Waals surface area contributed by atoms with E-state index in [0.717, 1.165) is 21.5 Å². The summed E-state index contributed by atoms with van der Waals surface area (Å²) in [5, 5.41) is 20.0. The Hall–Kier alpha value is -4.84. The van der Waals surface area contributed by atoms with E-state index in [9.17, 15) is 23.1 Å². The fraction of sp³-hybridized carbons (Fsp3) is 0.233. The van der Waals surface area contributed by atoms with Gasteiger partial charge in [-0.05, 0) is 53.9 Å². The molecule has 0 saturated carbocycles. The first-order valence-corrected chi connectivity index (χ1v) is 14.5. The third kappa shape index (κ3) is 5.66. The molecule has 0 spiro atoms. The van der Waals surface area contributed by atoms with Crippen molar-refractivity contribution in [1.29, 1.82) is 0 Å². The molecule has 11 nitrogen and oxygen atoms in total. The lowest BCUT2D eigenvalue weighted by Crippen LogP contribution is -2.29. The number of aromatic nitrogens is 2. The predicted molar refractivity (Wildman–Crippen MR) is 157 cm³/mol. The Bertz CT molecular complexity index is 1740. The molecule has 0 atom stereocenters. The molecular weight excluding hydrogens is 562 g/mol. The number of rotatable bonds is 10. The molecule has 3 aromatic carbocycles. The van der Waals surface area contributed by atoms with Crippen molar-refractivity contribution in [2.24, 2.45) is 0 Å². The fourth-order valence-corrected chi connectivity index (χ4v) is 5.83. The SMILES string of the molecule is CCCCc1nc(O)c(S(=O)(=O)c2ccc(-c3ccc(N(C)C(=O)O)cc3)cc2)c(=O)n1-c1c(OC)cccc1OC. The fourth-order valence-electron chi connectivity index (χ4n) is 4.49. The van der Waals surface area contributed by atoms with Gasteiger partial charge in [-0.2, -0.15) is 4.98 Å². The maximum atomic E-state index is 14.0. The number of ether oxygens (including phenoxy) is 2. The van der Waals surface area contributed by atoms with Crippen molar-refractivity contribution < 1.29 is 32.9 Å². The van der Waals surface area contributed by atoms with E-state index in [-0.39, 0.29) is 34.3 Å². The Morgan fingerprint density at radius 3 is 2.00 bits per heavy atom. The minimum Gasteiger partial charge on any atom is -0.494 e. The molecule has 0 radical (unpaired) electrons. The quantitative estimate of drug-likeness (QED) is 0.262. The van der Waals surface area contributed by atoms with Crippen molar-refractivity contribution in [1.82, 2.24) is 9.55 Å². The van der Waals surface area contributed by atoms with Crippen LogP contribution in [0.1, 0.15) is 25.6 Å².